The molecule has 1 aliphatic carbocycles. The largest absolute Gasteiger partial charge is 0.393 e. The Kier molecular flexibility index (Phi) is 4.42. The topological polar surface area (TPSA) is 23.5 Å². The second-order valence-corrected chi connectivity index (χ2v) is 6.77. The molecule has 1 N–H and O–H groups in total. The Hall–Kier alpha value is -0.0800. The van der Waals surface area contributed by atoms with E-state index in [1.54, 1.807) is 0 Å². The van der Waals surface area contributed by atoms with Gasteiger partial charge in [0.05, 0.1) is 6.10 Å². The summed E-state index contributed by atoms with van der Waals surface area (Å²) in [5.41, 5.74) is 0.341. The quantitative estimate of drug-likeness (QED) is 0.784. The van der Waals surface area contributed by atoms with E-state index in [2.05, 4.69) is 46.6 Å². The predicted octanol–water partition coefficient (Wildman–Crippen LogP) is 2.90. The van der Waals surface area contributed by atoms with Gasteiger partial charge in [-0.2, -0.15) is 0 Å². The van der Waals surface area contributed by atoms with E-state index in [1.807, 2.05) is 0 Å². The Morgan fingerprint density at radius 1 is 1.19 bits per heavy atom. The van der Waals surface area contributed by atoms with Crippen molar-refractivity contribution in [3.05, 3.63) is 0 Å². The van der Waals surface area contributed by atoms with E-state index in [-0.39, 0.29) is 6.10 Å². The van der Waals surface area contributed by atoms with Crippen LogP contribution in [0.15, 0.2) is 0 Å². The van der Waals surface area contributed by atoms with Gasteiger partial charge >= 0.3 is 0 Å². The summed E-state index contributed by atoms with van der Waals surface area (Å²) in [5, 5.41) is 9.87. The van der Waals surface area contributed by atoms with Crippen molar-refractivity contribution in [2.24, 2.45) is 11.3 Å². The standard InChI is InChI=1S/C14H29NO/c1-10(2)15(6)13-9-11(16)7-8-12(13)14(3,4)5/h10-13,16H,7-9H2,1-6H3. The molecule has 0 aromatic carbocycles. The molecule has 96 valence electrons. The summed E-state index contributed by atoms with van der Waals surface area (Å²) >= 11 is 0. The van der Waals surface area contributed by atoms with Crippen molar-refractivity contribution >= 4 is 0 Å². The summed E-state index contributed by atoms with van der Waals surface area (Å²) in [4.78, 5) is 2.44. The first-order valence-corrected chi connectivity index (χ1v) is 6.63. The minimum Gasteiger partial charge on any atom is -0.393 e. The molecule has 1 rings (SSSR count). The predicted molar refractivity (Wildman–Crippen MR) is 69.5 cm³/mol. The highest BCUT2D eigenvalue weighted by atomic mass is 16.3. The van der Waals surface area contributed by atoms with Gasteiger partial charge < -0.3 is 10.0 Å². The third-order valence-electron chi connectivity index (χ3n) is 4.24. The van der Waals surface area contributed by atoms with Gasteiger partial charge in [0, 0.05) is 12.1 Å². The number of nitrogens with zero attached hydrogens (tertiary/aromatic N) is 1. The van der Waals surface area contributed by atoms with Gasteiger partial charge in [-0.05, 0) is 51.5 Å². The van der Waals surface area contributed by atoms with Crippen LogP contribution in [-0.2, 0) is 0 Å². The highest BCUT2D eigenvalue weighted by molar-refractivity contribution is 4.92. The monoisotopic (exact) mass is 227 g/mol. The van der Waals surface area contributed by atoms with Crippen LogP contribution in [0.1, 0.15) is 53.9 Å². The number of aliphatic hydroxyl groups is 1. The third-order valence-corrected chi connectivity index (χ3v) is 4.24. The third kappa shape index (κ3) is 3.21. The summed E-state index contributed by atoms with van der Waals surface area (Å²) in [6, 6.07) is 1.09. The highest BCUT2D eigenvalue weighted by Gasteiger charge is 2.39. The molecule has 0 amide bonds. The smallest absolute Gasteiger partial charge is 0.0555 e. The molecule has 1 saturated carbocycles. The molecule has 1 fully saturated rings. The first-order valence-electron chi connectivity index (χ1n) is 6.63. The average Bonchev–Trinajstić information content (AvgIpc) is 2.14. The lowest BCUT2D eigenvalue weighted by atomic mass is 9.68. The number of hydrogen-bond acceptors (Lipinski definition) is 2. The van der Waals surface area contributed by atoms with Crippen LogP contribution in [0.2, 0.25) is 0 Å². The fraction of sp³-hybridized carbons (Fsp3) is 1.00. The minimum atomic E-state index is -0.0928. The van der Waals surface area contributed by atoms with Gasteiger partial charge in [0.2, 0.25) is 0 Å². The summed E-state index contributed by atoms with van der Waals surface area (Å²) < 4.78 is 0. The molecule has 0 bridgehead atoms. The second-order valence-electron chi connectivity index (χ2n) is 6.77. The maximum atomic E-state index is 9.87. The van der Waals surface area contributed by atoms with Crippen LogP contribution in [-0.4, -0.2) is 35.2 Å². The van der Waals surface area contributed by atoms with Crippen molar-refractivity contribution < 1.29 is 5.11 Å². The summed E-state index contributed by atoms with van der Waals surface area (Å²) in [7, 11) is 2.20. The average molecular weight is 227 g/mol. The van der Waals surface area contributed by atoms with Crippen LogP contribution < -0.4 is 0 Å². The summed E-state index contributed by atoms with van der Waals surface area (Å²) in [5.74, 6) is 0.697. The maximum Gasteiger partial charge on any atom is 0.0555 e. The lowest BCUT2D eigenvalue weighted by Gasteiger charge is -2.47. The summed E-state index contributed by atoms with van der Waals surface area (Å²) in [6.07, 6.45) is 2.98. The highest BCUT2D eigenvalue weighted by Crippen LogP contribution is 2.40. The molecule has 0 spiro atoms. The van der Waals surface area contributed by atoms with E-state index in [4.69, 9.17) is 0 Å². The zero-order valence-corrected chi connectivity index (χ0v) is 11.8. The molecule has 1 aliphatic rings. The van der Waals surface area contributed by atoms with E-state index in [1.165, 1.54) is 0 Å². The van der Waals surface area contributed by atoms with Crippen LogP contribution in [0.25, 0.3) is 0 Å². The Morgan fingerprint density at radius 2 is 1.75 bits per heavy atom. The minimum absolute atomic E-state index is 0.0928. The van der Waals surface area contributed by atoms with Crippen LogP contribution in [0, 0.1) is 11.3 Å². The van der Waals surface area contributed by atoms with Crippen molar-refractivity contribution in [3.63, 3.8) is 0 Å². The molecular weight excluding hydrogens is 198 g/mol. The lowest BCUT2D eigenvalue weighted by molar-refractivity contribution is -0.0120. The zero-order chi connectivity index (χ0) is 12.5. The lowest BCUT2D eigenvalue weighted by Crippen LogP contribution is -2.50. The van der Waals surface area contributed by atoms with Gasteiger partial charge in [0.15, 0.2) is 0 Å². The molecule has 0 aromatic rings. The summed E-state index contributed by atoms with van der Waals surface area (Å²) in [6.45, 7) is 11.5. The van der Waals surface area contributed by atoms with Crippen molar-refractivity contribution in [2.75, 3.05) is 7.05 Å². The Bertz CT molecular complexity index is 219. The fourth-order valence-corrected chi connectivity index (χ4v) is 2.97. The molecule has 16 heavy (non-hydrogen) atoms. The number of rotatable bonds is 2. The first kappa shape index (κ1) is 14.0. The number of hydrogen-bond donors (Lipinski definition) is 1. The molecule has 0 heterocycles. The molecule has 3 atom stereocenters. The molecule has 0 aliphatic heterocycles. The molecule has 3 unspecified atom stereocenters. The molecule has 0 radical (unpaired) electrons. The van der Waals surface area contributed by atoms with Crippen LogP contribution in [0.5, 0.6) is 0 Å². The van der Waals surface area contributed by atoms with Gasteiger partial charge in [-0.1, -0.05) is 20.8 Å². The van der Waals surface area contributed by atoms with Gasteiger partial charge in [0.1, 0.15) is 0 Å². The molecule has 2 nitrogen and oxygen atoms in total. The Balaban J connectivity index is 2.81. The maximum absolute atomic E-state index is 9.87. The van der Waals surface area contributed by atoms with Crippen molar-refractivity contribution in [1.29, 1.82) is 0 Å². The van der Waals surface area contributed by atoms with Gasteiger partial charge in [0.25, 0.3) is 0 Å². The van der Waals surface area contributed by atoms with Gasteiger partial charge in [-0.25, -0.2) is 0 Å². The normalized spacial score (nSPS) is 32.4. The molecule has 2 heteroatoms. The van der Waals surface area contributed by atoms with Crippen LogP contribution >= 0.6 is 0 Å². The van der Waals surface area contributed by atoms with Crippen LogP contribution in [0.3, 0.4) is 0 Å². The Labute approximate surface area is 101 Å². The van der Waals surface area contributed by atoms with E-state index in [0.29, 0.717) is 23.4 Å². The van der Waals surface area contributed by atoms with E-state index >= 15 is 0 Å². The van der Waals surface area contributed by atoms with Crippen LogP contribution in [0.4, 0.5) is 0 Å². The molecule has 0 saturated heterocycles. The SMILES string of the molecule is CC(C)N(C)C1CC(O)CCC1C(C)(C)C. The van der Waals surface area contributed by atoms with Crippen molar-refractivity contribution in [2.45, 2.75) is 72.1 Å². The fourth-order valence-electron chi connectivity index (χ4n) is 2.97. The zero-order valence-electron chi connectivity index (χ0n) is 11.8. The van der Waals surface area contributed by atoms with Gasteiger partial charge in [-0.15, -0.1) is 0 Å². The van der Waals surface area contributed by atoms with Crippen molar-refractivity contribution in [3.8, 4) is 0 Å². The number of aliphatic hydroxyl groups excluding tert-OH is 1. The Morgan fingerprint density at radius 3 is 2.19 bits per heavy atom. The second kappa shape index (κ2) is 5.05. The first-order chi connectivity index (χ1) is 7.23. The van der Waals surface area contributed by atoms with E-state index < -0.39 is 0 Å². The van der Waals surface area contributed by atoms with E-state index in [9.17, 15) is 5.11 Å². The van der Waals surface area contributed by atoms with E-state index in [0.717, 1.165) is 19.3 Å². The van der Waals surface area contributed by atoms with Crippen molar-refractivity contribution in [1.82, 2.24) is 4.90 Å². The van der Waals surface area contributed by atoms with Gasteiger partial charge in [-0.3, -0.25) is 0 Å². The molecule has 0 aromatic heterocycles. The molecular formula is C14H29NO.